The minimum Gasteiger partial charge on any atom is -0.394 e. The summed E-state index contributed by atoms with van der Waals surface area (Å²) in [4.78, 5) is 32.9. The van der Waals surface area contributed by atoms with E-state index in [9.17, 15) is 44.6 Å². The standard InChI is InChI=1S/C17H31N2O14P/c1-6(21)18-10-14(25)13(24)9(32-16(10)29-3)5-30-34(27,28)33-17-11(19-7(2)22)15(26)12(23)8(4-20)31-17/h8-17,20,23-26H,4-5H2,1-3H3,(H,18,21)(H,19,22)(H,27,28)/t8-,9-,10-,11-,12-,13-,14-,15-,16+,17-/m1/s1. The summed E-state index contributed by atoms with van der Waals surface area (Å²) < 4.78 is 37.9. The Morgan fingerprint density at radius 2 is 1.35 bits per heavy atom. The summed E-state index contributed by atoms with van der Waals surface area (Å²) in [5, 5.41) is 54.7. The second kappa shape index (κ2) is 12.1. The van der Waals surface area contributed by atoms with Gasteiger partial charge in [-0.25, -0.2) is 4.57 Å². The highest BCUT2D eigenvalue weighted by atomic mass is 31.2. The normalized spacial score (nSPS) is 40.3. The SMILES string of the molecule is CO[C@H]1O[C@H](COP(=O)(O)O[C@H]2O[C@H](CO)[C@@H](O)[C@H](O)[C@H]2NC(C)=O)[C@@H](O)[C@H](O)[C@H]1NC(C)=O. The fourth-order valence-corrected chi connectivity index (χ4v) is 4.39. The van der Waals surface area contributed by atoms with Gasteiger partial charge in [0.1, 0.15) is 48.7 Å². The highest BCUT2D eigenvalue weighted by molar-refractivity contribution is 7.47. The first-order valence-corrected chi connectivity index (χ1v) is 11.7. The summed E-state index contributed by atoms with van der Waals surface area (Å²) >= 11 is 0. The number of ether oxygens (including phenoxy) is 3. The number of carbonyl (C=O) groups excluding carboxylic acids is 2. The van der Waals surface area contributed by atoms with Crippen molar-refractivity contribution in [3.8, 4) is 0 Å². The Bertz CT molecular complexity index is 756. The van der Waals surface area contributed by atoms with Crippen LogP contribution in [0.25, 0.3) is 0 Å². The molecule has 1 unspecified atom stereocenters. The predicted octanol–water partition coefficient (Wildman–Crippen LogP) is -4.34. The van der Waals surface area contributed by atoms with Crippen LogP contribution in [0.2, 0.25) is 0 Å². The van der Waals surface area contributed by atoms with Gasteiger partial charge in [-0.3, -0.25) is 18.6 Å². The van der Waals surface area contributed by atoms with E-state index in [0.29, 0.717) is 0 Å². The lowest BCUT2D eigenvalue weighted by Gasteiger charge is -2.43. The fraction of sp³-hybridized carbons (Fsp3) is 0.882. The van der Waals surface area contributed by atoms with Crippen LogP contribution in [0.15, 0.2) is 0 Å². The lowest BCUT2D eigenvalue weighted by molar-refractivity contribution is -0.264. The molecule has 0 aliphatic carbocycles. The second-order valence-electron chi connectivity index (χ2n) is 7.79. The lowest BCUT2D eigenvalue weighted by Crippen LogP contribution is -2.64. The zero-order valence-corrected chi connectivity index (χ0v) is 19.5. The Balaban J connectivity index is 2.07. The number of aliphatic hydroxyl groups is 5. The Hall–Kier alpha value is -1.27. The van der Waals surface area contributed by atoms with Crippen LogP contribution < -0.4 is 10.6 Å². The first kappa shape index (κ1) is 29.0. The maximum atomic E-state index is 12.5. The van der Waals surface area contributed by atoms with Crippen molar-refractivity contribution in [2.24, 2.45) is 0 Å². The van der Waals surface area contributed by atoms with Crippen LogP contribution >= 0.6 is 7.82 Å². The zero-order valence-electron chi connectivity index (χ0n) is 18.6. The van der Waals surface area contributed by atoms with Crippen LogP contribution in [-0.2, 0) is 37.4 Å². The maximum Gasteiger partial charge on any atom is 0.474 e. The third kappa shape index (κ3) is 7.13. The summed E-state index contributed by atoms with van der Waals surface area (Å²) in [6.45, 7) is 0.677. The van der Waals surface area contributed by atoms with Crippen LogP contribution in [0, 0.1) is 0 Å². The molecule has 2 amide bonds. The van der Waals surface area contributed by atoms with Gasteiger partial charge in [0.25, 0.3) is 0 Å². The van der Waals surface area contributed by atoms with Gasteiger partial charge in [-0.05, 0) is 0 Å². The number of amides is 2. The minimum absolute atomic E-state index is 0.528. The van der Waals surface area contributed by atoms with Gasteiger partial charge in [0.05, 0.1) is 13.2 Å². The molecule has 8 N–H and O–H groups in total. The number of hydrogen-bond donors (Lipinski definition) is 8. The molecule has 2 heterocycles. The number of aliphatic hydroxyl groups excluding tert-OH is 5. The molecule has 0 spiro atoms. The van der Waals surface area contributed by atoms with Crippen molar-refractivity contribution in [3.63, 3.8) is 0 Å². The van der Waals surface area contributed by atoms with E-state index in [1.54, 1.807) is 0 Å². The van der Waals surface area contributed by atoms with E-state index in [4.69, 9.17) is 23.3 Å². The van der Waals surface area contributed by atoms with E-state index >= 15 is 0 Å². The lowest BCUT2D eigenvalue weighted by atomic mass is 9.97. The number of nitrogens with one attached hydrogen (secondary N) is 2. The molecule has 0 aromatic carbocycles. The monoisotopic (exact) mass is 518 g/mol. The van der Waals surface area contributed by atoms with Crippen molar-refractivity contribution in [1.29, 1.82) is 0 Å². The first-order chi connectivity index (χ1) is 15.8. The number of carbonyl (C=O) groups is 2. The smallest absolute Gasteiger partial charge is 0.394 e. The summed E-state index contributed by atoms with van der Waals surface area (Å²) in [5.41, 5.74) is 0. The molecule has 0 saturated carbocycles. The van der Waals surface area contributed by atoms with Gasteiger partial charge in [-0.15, -0.1) is 0 Å². The number of hydrogen-bond acceptors (Lipinski definition) is 13. The molecule has 0 bridgehead atoms. The van der Waals surface area contributed by atoms with E-state index in [1.807, 2.05) is 0 Å². The summed E-state index contributed by atoms with van der Waals surface area (Å²) in [6, 6.07) is -2.64. The predicted molar refractivity (Wildman–Crippen MR) is 108 cm³/mol. The minimum atomic E-state index is -5.04. The Morgan fingerprint density at radius 3 is 1.82 bits per heavy atom. The zero-order chi connectivity index (χ0) is 25.8. The Kier molecular flexibility index (Phi) is 10.3. The van der Waals surface area contributed by atoms with Crippen LogP contribution in [0.1, 0.15) is 13.8 Å². The highest BCUT2D eigenvalue weighted by Crippen LogP contribution is 2.47. The van der Waals surface area contributed by atoms with Crippen molar-refractivity contribution >= 4 is 19.6 Å². The van der Waals surface area contributed by atoms with Gasteiger partial charge >= 0.3 is 7.82 Å². The molecule has 2 rings (SSSR count). The molecular weight excluding hydrogens is 487 g/mol. The van der Waals surface area contributed by atoms with Crippen LogP contribution in [-0.4, -0.2) is 124 Å². The van der Waals surface area contributed by atoms with Gasteiger partial charge in [-0.2, -0.15) is 0 Å². The number of phosphoric ester groups is 1. The van der Waals surface area contributed by atoms with Gasteiger partial charge in [0, 0.05) is 21.0 Å². The molecular formula is C17H31N2O14P. The average Bonchev–Trinajstić information content (AvgIpc) is 2.75. The van der Waals surface area contributed by atoms with E-state index in [1.165, 1.54) is 14.0 Å². The van der Waals surface area contributed by atoms with Crippen molar-refractivity contribution in [3.05, 3.63) is 0 Å². The summed E-state index contributed by atoms with van der Waals surface area (Å²) in [7, 11) is -3.83. The number of rotatable bonds is 9. The van der Waals surface area contributed by atoms with Crippen molar-refractivity contribution in [2.75, 3.05) is 20.3 Å². The molecule has 2 saturated heterocycles. The maximum absolute atomic E-state index is 12.5. The average molecular weight is 518 g/mol. The molecule has 2 aliphatic rings. The highest BCUT2D eigenvalue weighted by Gasteiger charge is 2.49. The molecule has 11 atom stereocenters. The van der Waals surface area contributed by atoms with E-state index < -0.39 is 94.1 Å². The van der Waals surface area contributed by atoms with Crippen molar-refractivity contribution in [1.82, 2.24) is 10.6 Å². The van der Waals surface area contributed by atoms with Crippen LogP contribution in [0.3, 0.4) is 0 Å². The second-order valence-corrected chi connectivity index (χ2v) is 9.19. The van der Waals surface area contributed by atoms with Gasteiger partial charge in [0.15, 0.2) is 12.6 Å². The molecule has 0 aromatic heterocycles. The fourth-order valence-electron chi connectivity index (χ4n) is 3.55. The van der Waals surface area contributed by atoms with Crippen molar-refractivity contribution in [2.45, 2.75) is 75.1 Å². The van der Waals surface area contributed by atoms with Crippen LogP contribution in [0.4, 0.5) is 0 Å². The largest absolute Gasteiger partial charge is 0.474 e. The van der Waals surface area contributed by atoms with Gasteiger partial charge in [-0.1, -0.05) is 0 Å². The van der Waals surface area contributed by atoms with Crippen molar-refractivity contribution < 1.29 is 67.8 Å². The number of methoxy groups -OCH3 is 1. The number of phosphoric acid groups is 1. The van der Waals surface area contributed by atoms with E-state index in [0.717, 1.165) is 6.92 Å². The quantitative estimate of drug-likeness (QED) is 0.135. The molecule has 198 valence electrons. The summed E-state index contributed by atoms with van der Waals surface area (Å²) in [6.07, 6.45) is -12.5. The van der Waals surface area contributed by atoms with E-state index in [2.05, 4.69) is 10.6 Å². The topological polar surface area (TPSA) is 243 Å². The molecule has 2 fully saturated rings. The molecule has 0 radical (unpaired) electrons. The molecule has 34 heavy (non-hydrogen) atoms. The van der Waals surface area contributed by atoms with Crippen LogP contribution in [0.5, 0.6) is 0 Å². The Labute approximate surface area is 194 Å². The first-order valence-electron chi connectivity index (χ1n) is 10.2. The molecule has 16 nitrogen and oxygen atoms in total. The summed E-state index contributed by atoms with van der Waals surface area (Å²) in [5.74, 6) is -1.21. The van der Waals surface area contributed by atoms with E-state index in [-0.39, 0.29) is 0 Å². The third-order valence-electron chi connectivity index (χ3n) is 5.19. The Morgan fingerprint density at radius 1 is 0.882 bits per heavy atom. The third-order valence-corrected chi connectivity index (χ3v) is 6.14. The molecule has 0 aromatic rings. The van der Waals surface area contributed by atoms with Gasteiger partial charge in [0.2, 0.25) is 11.8 Å². The van der Waals surface area contributed by atoms with Gasteiger partial charge < -0.3 is 55.3 Å². The molecule has 2 aliphatic heterocycles. The molecule has 17 heteroatoms.